The fraction of sp³-hybridized carbons (Fsp3) is 0.214. The van der Waals surface area contributed by atoms with E-state index in [-0.39, 0.29) is 5.82 Å². The number of pyridine rings is 1. The Hall–Kier alpha value is -1.94. The zero-order valence-corrected chi connectivity index (χ0v) is 10.2. The largest absolute Gasteiger partial charge is 0.455 e. The summed E-state index contributed by atoms with van der Waals surface area (Å²) >= 11 is 0. The van der Waals surface area contributed by atoms with E-state index in [1.54, 1.807) is 32.0 Å². The molecule has 4 heteroatoms. The zero-order valence-electron chi connectivity index (χ0n) is 10.2. The van der Waals surface area contributed by atoms with Crippen molar-refractivity contribution in [3.63, 3.8) is 0 Å². The van der Waals surface area contributed by atoms with Crippen LogP contribution in [0.1, 0.15) is 24.3 Å². The molecule has 0 amide bonds. The minimum Gasteiger partial charge on any atom is -0.455 e. The summed E-state index contributed by atoms with van der Waals surface area (Å²) < 4.78 is 18.5. The van der Waals surface area contributed by atoms with Gasteiger partial charge in [-0.05, 0) is 49.7 Å². The lowest BCUT2D eigenvalue weighted by atomic mass is 10.2. The van der Waals surface area contributed by atoms with E-state index in [9.17, 15) is 9.50 Å². The van der Waals surface area contributed by atoms with Crippen LogP contribution < -0.4 is 4.74 Å². The first-order chi connectivity index (χ1) is 8.56. The molecule has 18 heavy (non-hydrogen) atoms. The minimum atomic E-state index is -0.605. The van der Waals surface area contributed by atoms with E-state index in [4.69, 9.17) is 4.74 Å². The number of aromatic nitrogens is 1. The Morgan fingerprint density at radius 1 is 1.28 bits per heavy atom. The van der Waals surface area contributed by atoms with Crippen LogP contribution in [0.15, 0.2) is 36.5 Å². The lowest BCUT2D eigenvalue weighted by Crippen LogP contribution is -1.95. The highest BCUT2D eigenvalue weighted by Crippen LogP contribution is 2.25. The number of benzene rings is 1. The van der Waals surface area contributed by atoms with E-state index in [0.29, 0.717) is 17.2 Å². The van der Waals surface area contributed by atoms with Crippen molar-refractivity contribution in [3.8, 4) is 11.5 Å². The molecule has 0 aliphatic heterocycles. The summed E-state index contributed by atoms with van der Waals surface area (Å²) in [5.74, 6) is 0.847. The SMILES string of the molecule is Cc1cc(F)ccc1Oc1ccc([C@H](C)O)nc1. The van der Waals surface area contributed by atoms with Gasteiger partial charge in [0.25, 0.3) is 0 Å². The first-order valence-electron chi connectivity index (χ1n) is 5.64. The van der Waals surface area contributed by atoms with E-state index in [2.05, 4.69) is 4.98 Å². The number of halogens is 1. The average Bonchev–Trinajstić information content (AvgIpc) is 2.33. The Labute approximate surface area is 105 Å². The zero-order chi connectivity index (χ0) is 13.1. The molecule has 0 saturated heterocycles. The molecule has 0 radical (unpaired) electrons. The molecule has 0 aliphatic rings. The second-order valence-electron chi connectivity index (χ2n) is 4.11. The monoisotopic (exact) mass is 247 g/mol. The van der Waals surface area contributed by atoms with Gasteiger partial charge in [-0.15, -0.1) is 0 Å². The third-order valence-electron chi connectivity index (χ3n) is 2.55. The van der Waals surface area contributed by atoms with E-state index in [0.717, 1.165) is 5.56 Å². The first-order valence-corrected chi connectivity index (χ1v) is 5.64. The molecule has 0 bridgehead atoms. The molecule has 3 nitrogen and oxygen atoms in total. The van der Waals surface area contributed by atoms with Gasteiger partial charge in [-0.2, -0.15) is 0 Å². The minimum absolute atomic E-state index is 0.289. The Bertz CT molecular complexity index is 538. The molecule has 1 atom stereocenters. The Morgan fingerprint density at radius 3 is 2.61 bits per heavy atom. The highest BCUT2D eigenvalue weighted by Gasteiger charge is 2.05. The van der Waals surface area contributed by atoms with Gasteiger partial charge in [0, 0.05) is 0 Å². The lowest BCUT2D eigenvalue weighted by Gasteiger charge is -2.09. The topological polar surface area (TPSA) is 42.4 Å². The highest BCUT2D eigenvalue weighted by atomic mass is 19.1. The summed E-state index contributed by atoms with van der Waals surface area (Å²) in [5.41, 5.74) is 1.30. The van der Waals surface area contributed by atoms with Gasteiger partial charge in [0.15, 0.2) is 0 Å². The molecule has 94 valence electrons. The smallest absolute Gasteiger partial charge is 0.145 e. The Morgan fingerprint density at radius 2 is 2.06 bits per heavy atom. The van der Waals surface area contributed by atoms with Crippen LogP contribution in [0.25, 0.3) is 0 Å². The van der Waals surface area contributed by atoms with Gasteiger partial charge in [0.05, 0.1) is 18.0 Å². The molecule has 1 aromatic carbocycles. The summed E-state index contributed by atoms with van der Waals surface area (Å²) in [4.78, 5) is 4.07. The molecule has 2 rings (SSSR count). The number of hydrogen-bond acceptors (Lipinski definition) is 3. The lowest BCUT2D eigenvalue weighted by molar-refractivity contribution is 0.194. The molecule has 0 saturated carbocycles. The third-order valence-corrected chi connectivity index (χ3v) is 2.55. The molecule has 0 aliphatic carbocycles. The van der Waals surface area contributed by atoms with Crippen LogP contribution in [0.4, 0.5) is 4.39 Å². The maximum Gasteiger partial charge on any atom is 0.145 e. The van der Waals surface area contributed by atoms with Crippen molar-refractivity contribution in [2.24, 2.45) is 0 Å². The molecule has 1 heterocycles. The van der Waals surface area contributed by atoms with Crippen LogP contribution in [-0.2, 0) is 0 Å². The molecular formula is C14H14FNO2. The number of ether oxygens (including phenoxy) is 1. The van der Waals surface area contributed by atoms with Crippen LogP contribution in [0.3, 0.4) is 0 Å². The van der Waals surface area contributed by atoms with Crippen molar-refractivity contribution in [3.05, 3.63) is 53.6 Å². The maximum atomic E-state index is 12.9. The van der Waals surface area contributed by atoms with Crippen molar-refractivity contribution in [1.82, 2.24) is 4.98 Å². The standard InChI is InChI=1S/C14H14FNO2/c1-9-7-11(15)3-6-14(9)18-12-4-5-13(10(2)17)16-8-12/h3-8,10,17H,1-2H3/t10-/m0/s1. The normalized spacial score (nSPS) is 12.2. The van der Waals surface area contributed by atoms with Gasteiger partial charge in [0.2, 0.25) is 0 Å². The van der Waals surface area contributed by atoms with Gasteiger partial charge in [0.1, 0.15) is 17.3 Å². The quantitative estimate of drug-likeness (QED) is 0.904. The van der Waals surface area contributed by atoms with Crippen LogP contribution in [0.2, 0.25) is 0 Å². The van der Waals surface area contributed by atoms with Crippen LogP contribution >= 0.6 is 0 Å². The molecule has 2 aromatic rings. The number of aryl methyl sites for hydroxylation is 1. The molecule has 0 unspecified atom stereocenters. The van der Waals surface area contributed by atoms with E-state index in [1.165, 1.54) is 18.3 Å². The van der Waals surface area contributed by atoms with Crippen molar-refractivity contribution >= 4 is 0 Å². The number of aliphatic hydroxyl groups excluding tert-OH is 1. The van der Waals surface area contributed by atoms with Gasteiger partial charge >= 0.3 is 0 Å². The van der Waals surface area contributed by atoms with Crippen LogP contribution in [0, 0.1) is 12.7 Å². The van der Waals surface area contributed by atoms with Crippen LogP contribution in [0.5, 0.6) is 11.5 Å². The first kappa shape index (κ1) is 12.5. The van der Waals surface area contributed by atoms with Gasteiger partial charge in [-0.25, -0.2) is 4.39 Å². The summed E-state index contributed by atoms with van der Waals surface area (Å²) in [6.45, 7) is 3.42. The summed E-state index contributed by atoms with van der Waals surface area (Å²) in [6.07, 6.45) is 0.928. The highest BCUT2D eigenvalue weighted by molar-refractivity contribution is 5.36. The Balaban J connectivity index is 2.18. The van der Waals surface area contributed by atoms with Crippen molar-refractivity contribution in [2.45, 2.75) is 20.0 Å². The fourth-order valence-corrected chi connectivity index (χ4v) is 1.55. The molecule has 1 N–H and O–H groups in total. The van der Waals surface area contributed by atoms with Gasteiger partial charge in [-0.3, -0.25) is 4.98 Å². The van der Waals surface area contributed by atoms with Gasteiger partial charge in [-0.1, -0.05) is 0 Å². The summed E-state index contributed by atoms with van der Waals surface area (Å²) in [5, 5.41) is 9.33. The van der Waals surface area contributed by atoms with Crippen molar-refractivity contribution in [2.75, 3.05) is 0 Å². The second-order valence-corrected chi connectivity index (χ2v) is 4.11. The Kier molecular flexibility index (Phi) is 3.58. The summed E-state index contributed by atoms with van der Waals surface area (Å²) in [7, 11) is 0. The van der Waals surface area contributed by atoms with E-state index >= 15 is 0 Å². The number of rotatable bonds is 3. The van der Waals surface area contributed by atoms with E-state index < -0.39 is 6.10 Å². The molecule has 0 fully saturated rings. The maximum absolute atomic E-state index is 12.9. The fourth-order valence-electron chi connectivity index (χ4n) is 1.55. The van der Waals surface area contributed by atoms with Crippen molar-refractivity contribution < 1.29 is 14.2 Å². The van der Waals surface area contributed by atoms with Gasteiger partial charge < -0.3 is 9.84 Å². The number of aliphatic hydroxyl groups is 1. The number of nitrogens with zero attached hydrogens (tertiary/aromatic N) is 1. The molecular weight excluding hydrogens is 233 g/mol. The number of hydrogen-bond donors (Lipinski definition) is 1. The van der Waals surface area contributed by atoms with E-state index in [1.807, 2.05) is 0 Å². The second kappa shape index (κ2) is 5.14. The predicted octanol–water partition coefficient (Wildman–Crippen LogP) is 3.37. The molecule has 0 spiro atoms. The van der Waals surface area contributed by atoms with Crippen molar-refractivity contribution in [1.29, 1.82) is 0 Å². The third kappa shape index (κ3) is 2.84. The summed E-state index contributed by atoms with van der Waals surface area (Å²) in [6, 6.07) is 7.75. The molecule has 1 aromatic heterocycles. The predicted molar refractivity (Wildman–Crippen MR) is 66.1 cm³/mol. The average molecular weight is 247 g/mol. The van der Waals surface area contributed by atoms with Crippen LogP contribution in [-0.4, -0.2) is 10.1 Å².